The molecule has 1 aliphatic carbocycles. The summed E-state index contributed by atoms with van der Waals surface area (Å²) in [5.41, 5.74) is 5.68. The van der Waals surface area contributed by atoms with Gasteiger partial charge in [-0.15, -0.1) is 5.10 Å². The Morgan fingerprint density at radius 3 is 2.88 bits per heavy atom. The van der Waals surface area contributed by atoms with Gasteiger partial charge in [-0.2, -0.15) is 5.10 Å². The minimum absolute atomic E-state index is 0.0855. The Kier molecular flexibility index (Phi) is 2.95. The number of amides is 2. The zero-order valence-electron chi connectivity index (χ0n) is 8.91. The largest absolute Gasteiger partial charge is 0.351 e. The molecule has 1 heterocycles. The van der Waals surface area contributed by atoms with Crippen molar-refractivity contribution in [2.75, 3.05) is 4.90 Å². The molecule has 0 aliphatic heterocycles. The van der Waals surface area contributed by atoms with Crippen LogP contribution in [0, 0.1) is 0 Å². The zero-order valence-corrected chi connectivity index (χ0v) is 8.91. The van der Waals surface area contributed by atoms with E-state index in [9.17, 15) is 9.59 Å². The summed E-state index contributed by atoms with van der Waals surface area (Å²) in [6.07, 6.45) is 6.50. The van der Waals surface area contributed by atoms with Gasteiger partial charge in [0.15, 0.2) is 11.6 Å². The number of primary amides is 1. The number of ketones is 1. The van der Waals surface area contributed by atoms with Crippen LogP contribution in [0.2, 0.25) is 0 Å². The molecular weight excluding hydrogens is 220 g/mol. The summed E-state index contributed by atoms with van der Waals surface area (Å²) in [5.74, 6) is 0.197. The first kappa shape index (κ1) is 11.0. The van der Waals surface area contributed by atoms with Crippen LogP contribution in [0.5, 0.6) is 0 Å². The van der Waals surface area contributed by atoms with E-state index in [-0.39, 0.29) is 11.6 Å². The third-order valence-electron chi connectivity index (χ3n) is 2.18. The lowest BCUT2D eigenvalue weighted by atomic mass is 10.1. The Hall–Kier alpha value is -2.50. The topological polar surface area (TPSA) is 89.2 Å². The van der Waals surface area contributed by atoms with Crippen LogP contribution in [-0.2, 0) is 4.79 Å². The molecule has 0 saturated heterocycles. The Balaban J connectivity index is 2.40. The molecule has 17 heavy (non-hydrogen) atoms. The molecule has 0 atom stereocenters. The standard InChI is InChI=1S/C11H10N4O2/c12-11(17)15(10-5-2-6-13-14-10)8-3-1-4-9(16)7-8/h1-3,5-7H,4H2,(H2,12,17). The molecule has 1 aromatic heterocycles. The highest BCUT2D eigenvalue weighted by atomic mass is 16.2. The van der Waals surface area contributed by atoms with Crippen LogP contribution < -0.4 is 10.6 Å². The van der Waals surface area contributed by atoms with Crippen LogP contribution in [0.3, 0.4) is 0 Å². The van der Waals surface area contributed by atoms with Gasteiger partial charge in [0.25, 0.3) is 0 Å². The van der Waals surface area contributed by atoms with Gasteiger partial charge in [-0.3, -0.25) is 4.79 Å². The van der Waals surface area contributed by atoms with E-state index < -0.39 is 6.03 Å². The molecule has 0 radical (unpaired) electrons. The molecule has 2 amide bonds. The first-order chi connectivity index (χ1) is 8.18. The molecule has 0 aromatic carbocycles. The Bertz CT molecular complexity index is 507. The van der Waals surface area contributed by atoms with Gasteiger partial charge in [0.05, 0.1) is 5.70 Å². The van der Waals surface area contributed by atoms with Crippen LogP contribution in [0.25, 0.3) is 0 Å². The van der Waals surface area contributed by atoms with Crippen molar-refractivity contribution in [2.45, 2.75) is 6.42 Å². The molecule has 2 N–H and O–H groups in total. The number of aromatic nitrogens is 2. The van der Waals surface area contributed by atoms with E-state index in [1.807, 2.05) is 0 Å². The molecule has 1 aromatic rings. The van der Waals surface area contributed by atoms with E-state index in [1.54, 1.807) is 24.3 Å². The molecule has 2 rings (SSSR count). The van der Waals surface area contributed by atoms with Crippen molar-refractivity contribution in [2.24, 2.45) is 5.73 Å². The van der Waals surface area contributed by atoms with Gasteiger partial charge < -0.3 is 5.73 Å². The number of allylic oxidation sites excluding steroid dienone is 3. The van der Waals surface area contributed by atoms with Crippen molar-refractivity contribution in [1.82, 2.24) is 10.2 Å². The average Bonchev–Trinajstić information content (AvgIpc) is 2.30. The summed E-state index contributed by atoms with van der Waals surface area (Å²) in [6, 6.07) is 2.51. The lowest BCUT2D eigenvalue weighted by Crippen LogP contribution is -2.36. The molecule has 0 saturated carbocycles. The summed E-state index contributed by atoms with van der Waals surface area (Å²) in [5, 5.41) is 7.46. The first-order valence-electron chi connectivity index (χ1n) is 4.97. The van der Waals surface area contributed by atoms with Gasteiger partial charge in [0.1, 0.15) is 0 Å². The van der Waals surface area contributed by atoms with E-state index >= 15 is 0 Å². The molecule has 1 aliphatic rings. The zero-order chi connectivity index (χ0) is 12.3. The van der Waals surface area contributed by atoms with Crippen molar-refractivity contribution < 1.29 is 9.59 Å². The predicted molar refractivity (Wildman–Crippen MR) is 60.9 cm³/mol. The number of hydrogen-bond acceptors (Lipinski definition) is 4. The Morgan fingerprint density at radius 2 is 2.29 bits per heavy atom. The van der Waals surface area contributed by atoms with Crippen molar-refractivity contribution in [1.29, 1.82) is 0 Å². The van der Waals surface area contributed by atoms with Gasteiger partial charge in [-0.1, -0.05) is 6.08 Å². The maximum atomic E-state index is 11.4. The minimum Gasteiger partial charge on any atom is -0.351 e. The summed E-state index contributed by atoms with van der Waals surface area (Å²) in [6.45, 7) is 0. The third-order valence-corrected chi connectivity index (χ3v) is 2.18. The number of anilines is 1. The number of carbonyl (C=O) groups is 2. The van der Waals surface area contributed by atoms with Crippen molar-refractivity contribution >= 4 is 17.6 Å². The number of urea groups is 1. The fraction of sp³-hybridized carbons (Fsp3) is 0.0909. The molecule has 0 unspecified atom stereocenters. The number of rotatable bonds is 2. The van der Waals surface area contributed by atoms with Gasteiger partial charge in [-0.25, -0.2) is 9.69 Å². The third kappa shape index (κ3) is 2.36. The Labute approximate surface area is 97.4 Å². The average molecular weight is 230 g/mol. The number of hydrogen-bond donors (Lipinski definition) is 1. The number of carbonyl (C=O) groups excluding carboxylic acids is 2. The first-order valence-corrected chi connectivity index (χ1v) is 4.97. The van der Waals surface area contributed by atoms with Crippen LogP contribution in [0.15, 0.2) is 42.3 Å². The summed E-state index contributed by atoms with van der Waals surface area (Å²) in [7, 11) is 0. The predicted octanol–water partition coefficient (Wildman–Crippen LogP) is 0.775. The lowest BCUT2D eigenvalue weighted by Gasteiger charge is -2.20. The van der Waals surface area contributed by atoms with E-state index in [0.717, 1.165) is 4.90 Å². The van der Waals surface area contributed by atoms with E-state index in [1.165, 1.54) is 12.3 Å². The van der Waals surface area contributed by atoms with Gasteiger partial charge in [0, 0.05) is 18.7 Å². The highest BCUT2D eigenvalue weighted by Crippen LogP contribution is 2.18. The van der Waals surface area contributed by atoms with Crippen LogP contribution in [0.4, 0.5) is 10.6 Å². The smallest absolute Gasteiger partial charge is 0.325 e. The summed E-state index contributed by atoms with van der Waals surface area (Å²) < 4.78 is 0. The molecule has 6 heteroatoms. The van der Waals surface area contributed by atoms with Gasteiger partial charge in [-0.05, 0) is 18.2 Å². The molecule has 0 spiro atoms. The van der Waals surface area contributed by atoms with Crippen molar-refractivity contribution in [3.05, 3.63) is 42.3 Å². The fourth-order valence-corrected chi connectivity index (χ4v) is 1.49. The van der Waals surface area contributed by atoms with E-state index in [2.05, 4.69) is 10.2 Å². The maximum Gasteiger partial charge on any atom is 0.325 e. The SMILES string of the molecule is NC(=O)N(C1=CC(=O)CC=C1)c1cccnn1. The Morgan fingerprint density at radius 1 is 1.47 bits per heavy atom. The fourth-order valence-electron chi connectivity index (χ4n) is 1.49. The van der Waals surface area contributed by atoms with E-state index in [0.29, 0.717) is 12.1 Å². The maximum absolute atomic E-state index is 11.4. The summed E-state index contributed by atoms with van der Waals surface area (Å²) in [4.78, 5) is 23.8. The normalized spacial score (nSPS) is 14.4. The second-order valence-corrected chi connectivity index (χ2v) is 3.40. The molecule has 86 valence electrons. The highest BCUT2D eigenvalue weighted by molar-refractivity contribution is 5.99. The summed E-state index contributed by atoms with van der Waals surface area (Å²) >= 11 is 0. The van der Waals surface area contributed by atoms with Crippen LogP contribution in [-0.4, -0.2) is 22.0 Å². The number of nitrogens with zero attached hydrogens (tertiary/aromatic N) is 3. The van der Waals surface area contributed by atoms with Gasteiger partial charge in [0.2, 0.25) is 0 Å². The van der Waals surface area contributed by atoms with Crippen LogP contribution >= 0.6 is 0 Å². The lowest BCUT2D eigenvalue weighted by molar-refractivity contribution is -0.113. The quantitative estimate of drug-likeness (QED) is 0.812. The molecule has 0 bridgehead atoms. The van der Waals surface area contributed by atoms with Gasteiger partial charge >= 0.3 is 6.03 Å². The van der Waals surface area contributed by atoms with E-state index in [4.69, 9.17) is 5.73 Å². The molecular formula is C11H10N4O2. The second-order valence-electron chi connectivity index (χ2n) is 3.40. The van der Waals surface area contributed by atoms with Crippen molar-refractivity contribution in [3.8, 4) is 0 Å². The molecule has 6 nitrogen and oxygen atoms in total. The molecule has 0 fully saturated rings. The monoisotopic (exact) mass is 230 g/mol. The second kappa shape index (κ2) is 4.56. The minimum atomic E-state index is -0.712. The highest BCUT2D eigenvalue weighted by Gasteiger charge is 2.19. The van der Waals surface area contributed by atoms with Crippen LogP contribution in [0.1, 0.15) is 6.42 Å². The van der Waals surface area contributed by atoms with Crippen molar-refractivity contribution in [3.63, 3.8) is 0 Å². The number of nitrogens with two attached hydrogens (primary N) is 1.